The molecule has 7 nitrogen and oxygen atoms in total. The second kappa shape index (κ2) is 6.97. The van der Waals surface area contributed by atoms with Crippen LogP contribution in [-0.4, -0.2) is 26.9 Å². The van der Waals surface area contributed by atoms with E-state index in [1.165, 1.54) is 34.2 Å². The Morgan fingerprint density at radius 1 is 1.21 bits per heavy atom. The molecule has 0 bridgehead atoms. The number of benzene rings is 1. The second-order valence-electron chi connectivity index (χ2n) is 6.74. The summed E-state index contributed by atoms with van der Waals surface area (Å²) in [6.07, 6.45) is 1.62. The van der Waals surface area contributed by atoms with Crippen LogP contribution in [0.4, 0.5) is 4.39 Å². The summed E-state index contributed by atoms with van der Waals surface area (Å²) in [5.41, 5.74) is 1.95. The highest BCUT2D eigenvalue weighted by atomic mass is 19.1. The lowest BCUT2D eigenvalue weighted by atomic mass is 10.1. The molecule has 0 radical (unpaired) electrons. The molecule has 0 atom stereocenters. The van der Waals surface area contributed by atoms with Crippen LogP contribution in [0.5, 0.6) is 0 Å². The van der Waals surface area contributed by atoms with Crippen LogP contribution < -0.4 is 16.4 Å². The van der Waals surface area contributed by atoms with E-state index in [9.17, 15) is 14.0 Å². The lowest BCUT2D eigenvalue weighted by Crippen LogP contribution is -2.34. The summed E-state index contributed by atoms with van der Waals surface area (Å²) in [6, 6.07) is 10.8. The van der Waals surface area contributed by atoms with Gasteiger partial charge in [-0.2, -0.15) is 0 Å². The van der Waals surface area contributed by atoms with Crippen molar-refractivity contribution in [1.29, 1.82) is 5.41 Å². The van der Waals surface area contributed by atoms with Gasteiger partial charge in [0.2, 0.25) is 0 Å². The molecule has 4 rings (SSSR count). The fourth-order valence-electron chi connectivity index (χ4n) is 3.33. The maximum atomic E-state index is 13.3. The number of carbonyl (C=O) groups excluding carboxylic acids is 1. The van der Waals surface area contributed by atoms with Crippen molar-refractivity contribution in [3.8, 4) is 0 Å². The zero-order chi connectivity index (χ0) is 20.7. The lowest BCUT2D eigenvalue weighted by Gasteiger charge is -2.15. The molecule has 2 N–H and O–H groups in total. The smallest absolute Gasteiger partial charge is 0.267 e. The first-order valence-electron chi connectivity index (χ1n) is 8.97. The fraction of sp³-hybridized carbons (Fsp3) is 0.143. The van der Waals surface area contributed by atoms with Crippen molar-refractivity contribution in [2.75, 3.05) is 7.05 Å². The zero-order valence-electron chi connectivity index (χ0n) is 15.9. The molecule has 1 aromatic carbocycles. The lowest BCUT2D eigenvalue weighted by molar-refractivity contribution is 0.0960. The largest absolute Gasteiger partial charge is 0.355 e. The maximum Gasteiger partial charge on any atom is 0.267 e. The summed E-state index contributed by atoms with van der Waals surface area (Å²) >= 11 is 0. The van der Waals surface area contributed by atoms with Gasteiger partial charge < -0.3 is 9.88 Å². The molecule has 146 valence electrons. The van der Waals surface area contributed by atoms with Crippen molar-refractivity contribution in [3.05, 3.63) is 87.0 Å². The Bertz CT molecular complexity index is 1390. The summed E-state index contributed by atoms with van der Waals surface area (Å²) in [7, 11) is 1.46. The minimum absolute atomic E-state index is 0.0635. The Morgan fingerprint density at radius 3 is 2.62 bits per heavy atom. The number of nitrogens with one attached hydrogen (secondary N) is 2. The van der Waals surface area contributed by atoms with E-state index < -0.39 is 5.91 Å². The SMILES string of the molecule is CNC(=O)c1cc2c(=O)n3cccc(C)c3nc2n(Cc2ccc(F)cc2)c1=N. The molecule has 0 fully saturated rings. The van der Waals surface area contributed by atoms with Gasteiger partial charge in [0, 0.05) is 13.2 Å². The third kappa shape index (κ3) is 3.08. The molecular weight excluding hydrogens is 373 g/mol. The Labute approximate surface area is 164 Å². The summed E-state index contributed by atoms with van der Waals surface area (Å²) in [5, 5.41) is 11.3. The first-order valence-corrected chi connectivity index (χ1v) is 8.97. The number of aryl methyl sites for hydroxylation is 1. The maximum absolute atomic E-state index is 13.3. The highest BCUT2D eigenvalue weighted by Gasteiger charge is 2.17. The number of nitrogens with zero attached hydrogens (tertiary/aromatic N) is 3. The van der Waals surface area contributed by atoms with Gasteiger partial charge >= 0.3 is 0 Å². The summed E-state index contributed by atoms with van der Waals surface area (Å²) < 4.78 is 16.2. The van der Waals surface area contributed by atoms with Crippen LogP contribution >= 0.6 is 0 Å². The van der Waals surface area contributed by atoms with Crippen molar-refractivity contribution in [2.24, 2.45) is 0 Å². The van der Waals surface area contributed by atoms with Crippen molar-refractivity contribution in [1.82, 2.24) is 19.3 Å². The second-order valence-corrected chi connectivity index (χ2v) is 6.74. The molecule has 3 aromatic heterocycles. The third-order valence-electron chi connectivity index (χ3n) is 4.86. The molecule has 0 spiro atoms. The van der Waals surface area contributed by atoms with Crippen LogP contribution in [0.3, 0.4) is 0 Å². The number of pyridine rings is 2. The molecule has 0 aliphatic heterocycles. The molecule has 8 heteroatoms. The first-order chi connectivity index (χ1) is 13.9. The zero-order valence-corrected chi connectivity index (χ0v) is 15.9. The third-order valence-corrected chi connectivity index (χ3v) is 4.86. The Hall–Kier alpha value is -3.81. The minimum Gasteiger partial charge on any atom is -0.355 e. The van der Waals surface area contributed by atoms with E-state index in [-0.39, 0.29) is 34.4 Å². The van der Waals surface area contributed by atoms with E-state index in [1.807, 2.05) is 13.0 Å². The minimum atomic E-state index is -0.474. The standard InChI is InChI=1S/C21H18FN5O2/c1-12-4-3-9-26-18(12)25-19-16(21(26)29)10-15(20(28)24-2)17(23)27(19)11-13-5-7-14(22)8-6-13/h3-10,23H,11H2,1-2H3,(H,24,28). The van der Waals surface area contributed by atoms with Crippen LogP contribution in [0, 0.1) is 18.2 Å². The summed E-state index contributed by atoms with van der Waals surface area (Å²) in [4.78, 5) is 30.1. The number of carbonyl (C=O) groups is 1. The molecule has 0 saturated carbocycles. The van der Waals surface area contributed by atoms with Crippen LogP contribution in [0.2, 0.25) is 0 Å². The van der Waals surface area contributed by atoms with E-state index in [2.05, 4.69) is 10.3 Å². The van der Waals surface area contributed by atoms with Crippen molar-refractivity contribution >= 4 is 22.6 Å². The van der Waals surface area contributed by atoms with Gasteiger partial charge in [0.05, 0.1) is 17.5 Å². The number of hydrogen-bond acceptors (Lipinski definition) is 4. The predicted molar refractivity (Wildman–Crippen MR) is 106 cm³/mol. The average molecular weight is 391 g/mol. The average Bonchev–Trinajstić information content (AvgIpc) is 2.72. The molecule has 0 unspecified atom stereocenters. The Kier molecular flexibility index (Phi) is 4.46. The normalized spacial score (nSPS) is 11.1. The van der Waals surface area contributed by atoms with Gasteiger partial charge in [-0.25, -0.2) is 9.37 Å². The number of halogens is 1. The number of amides is 1. The van der Waals surface area contributed by atoms with E-state index in [4.69, 9.17) is 5.41 Å². The molecule has 0 aliphatic carbocycles. The van der Waals surface area contributed by atoms with Crippen molar-refractivity contribution in [3.63, 3.8) is 0 Å². The summed E-state index contributed by atoms with van der Waals surface area (Å²) in [5.74, 6) is -0.842. The molecule has 3 heterocycles. The van der Waals surface area contributed by atoms with Crippen molar-refractivity contribution < 1.29 is 9.18 Å². The topological polar surface area (TPSA) is 92.2 Å². The molecule has 1 amide bonds. The first kappa shape index (κ1) is 18.5. The monoisotopic (exact) mass is 391 g/mol. The van der Waals surface area contributed by atoms with Gasteiger partial charge in [0.1, 0.15) is 22.6 Å². The predicted octanol–water partition coefficient (Wildman–Crippen LogP) is 1.98. The van der Waals surface area contributed by atoms with E-state index in [0.29, 0.717) is 16.9 Å². The Morgan fingerprint density at radius 2 is 1.93 bits per heavy atom. The molecule has 0 saturated heterocycles. The van der Waals surface area contributed by atoms with E-state index >= 15 is 0 Å². The van der Waals surface area contributed by atoms with Gasteiger partial charge in [-0.3, -0.25) is 19.4 Å². The molecule has 4 aromatic rings. The van der Waals surface area contributed by atoms with Gasteiger partial charge in [-0.15, -0.1) is 0 Å². The number of fused-ring (bicyclic) bond motifs is 2. The van der Waals surface area contributed by atoms with Crippen LogP contribution in [-0.2, 0) is 6.54 Å². The van der Waals surface area contributed by atoms with Crippen LogP contribution in [0.25, 0.3) is 16.7 Å². The van der Waals surface area contributed by atoms with Gasteiger partial charge in [0.25, 0.3) is 11.5 Å². The van der Waals surface area contributed by atoms with Crippen molar-refractivity contribution in [2.45, 2.75) is 13.5 Å². The highest BCUT2D eigenvalue weighted by molar-refractivity contribution is 5.96. The van der Waals surface area contributed by atoms with E-state index in [1.54, 1.807) is 24.4 Å². The molecule has 29 heavy (non-hydrogen) atoms. The number of rotatable bonds is 3. The highest BCUT2D eigenvalue weighted by Crippen LogP contribution is 2.14. The molecule has 0 aliphatic rings. The van der Waals surface area contributed by atoms with Gasteiger partial charge in [-0.05, 0) is 42.3 Å². The quantitative estimate of drug-likeness (QED) is 0.523. The number of aromatic nitrogens is 3. The fourth-order valence-corrected chi connectivity index (χ4v) is 3.33. The molecular formula is C21H18FN5O2. The Balaban J connectivity index is 2.11. The van der Waals surface area contributed by atoms with Gasteiger partial charge in [-0.1, -0.05) is 18.2 Å². The van der Waals surface area contributed by atoms with Crippen LogP contribution in [0.1, 0.15) is 21.5 Å². The summed E-state index contributed by atoms with van der Waals surface area (Å²) in [6.45, 7) is 2.01. The van der Waals surface area contributed by atoms with Crippen LogP contribution in [0.15, 0.2) is 53.5 Å². The van der Waals surface area contributed by atoms with E-state index in [0.717, 1.165) is 5.56 Å². The van der Waals surface area contributed by atoms with Gasteiger partial charge in [0.15, 0.2) is 0 Å². The number of hydrogen-bond donors (Lipinski definition) is 2.